The molecule has 1 aromatic carbocycles. The standard InChI is InChI=1S/C22H28N6OS/c1-2-23-22(25-12-6-11-24-21(29)20-10-5-15-30-20)26-16-18-8-3-4-9-19(18)17-28-14-7-13-27-28/h3-5,7-10,13-15H,2,6,11-12,16-17H2,1H3,(H,24,29)(H2,23,25,26). The highest BCUT2D eigenvalue weighted by molar-refractivity contribution is 7.12. The van der Waals surface area contributed by atoms with Crippen molar-refractivity contribution < 1.29 is 4.79 Å². The van der Waals surface area contributed by atoms with Gasteiger partial charge < -0.3 is 16.0 Å². The second-order valence-corrected chi connectivity index (χ2v) is 7.63. The molecule has 3 rings (SSSR count). The van der Waals surface area contributed by atoms with E-state index in [1.165, 1.54) is 22.5 Å². The summed E-state index contributed by atoms with van der Waals surface area (Å²) in [4.78, 5) is 17.4. The summed E-state index contributed by atoms with van der Waals surface area (Å²) in [5.74, 6) is 0.760. The summed E-state index contributed by atoms with van der Waals surface area (Å²) in [7, 11) is 0. The topological polar surface area (TPSA) is 83.3 Å². The number of carbonyl (C=O) groups excluding carboxylic acids is 1. The average Bonchev–Trinajstić information content (AvgIpc) is 3.47. The van der Waals surface area contributed by atoms with Crippen LogP contribution in [-0.2, 0) is 13.1 Å². The molecule has 0 bridgehead atoms. The lowest BCUT2D eigenvalue weighted by molar-refractivity contribution is 0.0957. The van der Waals surface area contributed by atoms with Crippen LogP contribution in [0.15, 0.2) is 65.2 Å². The van der Waals surface area contributed by atoms with Gasteiger partial charge in [0.15, 0.2) is 5.96 Å². The van der Waals surface area contributed by atoms with Gasteiger partial charge in [-0.25, -0.2) is 4.99 Å². The van der Waals surface area contributed by atoms with Crippen molar-refractivity contribution in [2.24, 2.45) is 4.99 Å². The quantitative estimate of drug-likeness (QED) is 0.265. The predicted octanol–water partition coefficient (Wildman–Crippen LogP) is 2.87. The number of thiophene rings is 1. The lowest BCUT2D eigenvalue weighted by Crippen LogP contribution is -2.38. The molecule has 3 N–H and O–H groups in total. The minimum atomic E-state index is -0.0145. The Bertz CT molecular complexity index is 921. The molecule has 30 heavy (non-hydrogen) atoms. The smallest absolute Gasteiger partial charge is 0.261 e. The van der Waals surface area contributed by atoms with Crippen LogP contribution in [0.25, 0.3) is 0 Å². The van der Waals surface area contributed by atoms with Crippen molar-refractivity contribution >= 4 is 23.2 Å². The van der Waals surface area contributed by atoms with E-state index in [0.717, 1.165) is 36.9 Å². The van der Waals surface area contributed by atoms with E-state index in [9.17, 15) is 4.79 Å². The first-order valence-corrected chi connectivity index (χ1v) is 11.0. The first-order valence-electron chi connectivity index (χ1n) is 10.1. The van der Waals surface area contributed by atoms with E-state index in [2.05, 4.69) is 33.2 Å². The Hall–Kier alpha value is -3.13. The van der Waals surface area contributed by atoms with E-state index in [0.29, 0.717) is 13.1 Å². The van der Waals surface area contributed by atoms with Gasteiger partial charge in [0.1, 0.15) is 0 Å². The molecule has 0 aliphatic rings. The Balaban J connectivity index is 1.48. The van der Waals surface area contributed by atoms with Gasteiger partial charge in [-0.2, -0.15) is 5.10 Å². The molecular formula is C22H28N6OS. The predicted molar refractivity (Wildman–Crippen MR) is 122 cm³/mol. The highest BCUT2D eigenvalue weighted by Crippen LogP contribution is 2.11. The molecule has 0 radical (unpaired) electrons. The first-order chi connectivity index (χ1) is 14.8. The van der Waals surface area contributed by atoms with Crippen LogP contribution in [0.4, 0.5) is 0 Å². The van der Waals surface area contributed by atoms with Crippen molar-refractivity contribution in [2.45, 2.75) is 26.4 Å². The summed E-state index contributed by atoms with van der Waals surface area (Å²) >= 11 is 1.45. The van der Waals surface area contributed by atoms with Crippen LogP contribution in [0.3, 0.4) is 0 Å². The molecule has 0 fully saturated rings. The van der Waals surface area contributed by atoms with Gasteiger partial charge >= 0.3 is 0 Å². The maximum Gasteiger partial charge on any atom is 0.261 e. The summed E-state index contributed by atoms with van der Waals surface area (Å²) in [5, 5.41) is 15.7. The van der Waals surface area contributed by atoms with Crippen LogP contribution in [0.1, 0.15) is 34.1 Å². The Morgan fingerprint density at radius 1 is 1.07 bits per heavy atom. The van der Waals surface area contributed by atoms with Crippen LogP contribution in [0, 0.1) is 0 Å². The molecule has 0 aliphatic heterocycles. The van der Waals surface area contributed by atoms with Crippen LogP contribution in [0.2, 0.25) is 0 Å². The number of nitrogens with one attached hydrogen (secondary N) is 3. The maximum atomic E-state index is 11.9. The lowest BCUT2D eigenvalue weighted by atomic mass is 10.1. The molecule has 0 unspecified atom stereocenters. The number of guanidine groups is 1. The molecule has 0 atom stereocenters. The fourth-order valence-corrected chi connectivity index (χ4v) is 3.57. The van der Waals surface area contributed by atoms with E-state index >= 15 is 0 Å². The number of aliphatic imine (C=N–C) groups is 1. The molecule has 2 heterocycles. The SMILES string of the molecule is CCNC(=NCc1ccccc1Cn1cccn1)NCCCNC(=O)c1cccs1. The van der Waals surface area contributed by atoms with Gasteiger partial charge in [0.2, 0.25) is 0 Å². The van der Waals surface area contributed by atoms with Crippen molar-refractivity contribution in [3.8, 4) is 0 Å². The second kappa shape index (κ2) is 11.8. The summed E-state index contributed by atoms with van der Waals surface area (Å²) in [6.45, 7) is 5.50. The molecule has 7 nitrogen and oxygen atoms in total. The van der Waals surface area contributed by atoms with E-state index in [-0.39, 0.29) is 5.91 Å². The molecule has 0 aliphatic carbocycles. The van der Waals surface area contributed by atoms with E-state index in [1.54, 1.807) is 6.20 Å². The fraction of sp³-hybridized carbons (Fsp3) is 0.318. The summed E-state index contributed by atoms with van der Waals surface area (Å²) in [6.07, 6.45) is 4.57. The van der Waals surface area contributed by atoms with Gasteiger partial charge in [-0.15, -0.1) is 11.3 Å². The van der Waals surface area contributed by atoms with E-state index < -0.39 is 0 Å². The van der Waals surface area contributed by atoms with Crippen LogP contribution >= 0.6 is 11.3 Å². The van der Waals surface area contributed by atoms with Gasteiger partial charge in [-0.05, 0) is 42.0 Å². The normalized spacial score (nSPS) is 11.3. The van der Waals surface area contributed by atoms with Gasteiger partial charge in [-0.3, -0.25) is 9.48 Å². The number of hydrogen-bond donors (Lipinski definition) is 3. The van der Waals surface area contributed by atoms with Crippen LogP contribution in [-0.4, -0.2) is 41.3 Å². The molecule has 1 amide bonds. The average molecular weight is 425 g/mol. The minimum absolute atomic E-state index is 0.0145. The first kappa shape index (κ1) is 21.6. The highest BCUT2D eigenvalue weighted by Gasteiger charge is 2.06. The molecule has 2 aromatic heterocycles. The summed E-state index contributed by atoms with van der Waals surface area (Å²) < 4.78 is 1.91. The van der Waals surface area contributed by atoms with Gasteiger partial charge in [-0.1, -0.05) is 30.3 Å². The van der Waals surface area contributed by atoms with Crippen molar-refractivity contribution in [3.05, 3.63) is 76.2 Å². The third-order valence-electron chi connectivity index (χ3n) is 4.44. The Labute approximate surface area is 181 Å². The van der Waals surface area contributed by atoms with Crippen LogP contribution < -0.4 is 16.0 Å². The number of amides is 1. The Morgan fingerprint density at radius 3 is 2.63 bits per heavy atom. The summed E-state index contributed by atoms with van der Waals surface area (Å²) in [5.41, 5.74) is 2.38. The Kier molecular flexibility index (Phi) is 8.47. The number of rotatable bonds is 10. The molecule has 158 valence electrons. The monoisotopic (exact) mass is 424 g/mol. The van der Waals surface area contributed by atoms with Gasteiger partial charge in [0.05, 0.1) is 18.0 Å². The third-order valence-corrected chi connectivity index (χ3v) is 5.31. The third kappa shape index (κ3) is 6.73. The Morgan fingerprint density at radius 2 is 1.90 bits per heavy atom. The number of hydrogen-bond acceptors (Lipinski definition) is 4. The zero-order valence-electron chi connectivity index (χ0n) is 17.2. The zero-order chi connectivity index (χ0) is 21.0. The van der Waals surface area contributed by atoms with Gasteiger partial charge in [0.25, 0.3) is 5.91 Å². The fourth-order valence-electron chi connectivity index (χ4n) is 2.93. The highest BCUT2D eigenvalue weighted by atomic mass is 32.1. The zero-order valence-corrected chi connectivity index (χ0v) is 18.0. The van der Waals surface area contributed by atoms with Crippen molar-refractivity contribution in [1.82, 2.24) is 25.7 Å². The number of benzene rings is 1. The molecule has 0 saturated heterocycles. The number of aromatic nitrogens is 2. The number of carbonyl (C=O) groups is 1. The second-order valence-electron chi connectivity index (χ2n) is 6.68. The summed E-state index contributed by atoms with van der Waals surface area (Å²) in [6, 6.07) is 13.9. The van der Waals surface area contributed by atoms with E-state index in [4.69, 9.17) is 4.99 Å². The van der Waals surface area contributed by atoms with Crippen molar-refractivity contribution in [2.75, 3.05) is 19.6 Å². The van der Waals surface area contributed by atoms with Crippen molar-refractivity contribution in [3.63, 3.8) is 0 Å². The molecule has 0 spiro atoms. The van der Waals surface area contributed by atoms with Crippen LogP contribution in [0.5, 0.6) is 0 Å². The number of nitrogens with zero attached hydrogens (tertiary/aromatic N) is 3. The lowest BCUT2D eigenvalue weighted by Gasteiger charge is -2.13. The molecular weight excluding hydrogens is 396 g/mol. The maximum absolute atomic E-state index is 11.9. The largest absolute Gasteiger partial charge is 0.357 e. The minimum Gasteiger partial charge on any atom is -0.357 e. The van der Waals surface area contributed by atoms with Crippen molar-refractivity contribution in [1.29, 1.82) is 0 Å². The van der Waals surface area contributed by atoms with Gasteiger partial charge in [0, 0.05) is 32.0 Å². The molecule has 8 heteroatoms. The molecule has 3 aromatic rings. The molecule has 0 saturated carbocycles. The van der Waals surface area contributed by atoms with E-state index in [1.807, 2.05) is 53.5 Å².